The normalized spacial score (nSPS) is 20.1. The minimum Gasteiger partial charge on any atom is -0.255 e. The molecule has 3 heteroatoms. The molecule has 10 rings (SSSR count). The Hall–Kier alpha value is -5.41. The third-order valence-corrected chi connectivity index (χ3v) is 9.86. The number of benzene rings is 2. The van der Waals surface area contributed by atoms with Gasteiger partial charge < -0.3 is 0 Å². The van der Waals surface area contributed by atoms with Crippen molar-refractivity contribution in [3.63, 3.8) is 0 Å². The number of hydrogen-bond donors (Lipinski definition) is 0. The van der Waals surface area contributed by atoms with Crippen LogP contribution in [0.1, 0.15) is 35.4 Å². The summed E-state index contributed by atoms with van der Waals surface area (Å²) in [7, 11) is 0. The molecule has 206 valence electrons. The Bertz CT molecular complexity index is 2280. The molecule has 0 saturated heterocycles. The van der Waals surface area contributed by atoms with Gasteiger partial charge in [-0.1, -0.05) is 91.1 Å². The SMILES string of the molecule is C1=CC2=CC=C3CC=CC4=C3C2C(=C1)C=C4c1nc(-c2ccccn2)cc(-c2ccc3c4c5c(ccc24)C=CCC5=CC3)n1. The minimum absolute atomic E-state index is 0.284. The zero-order valence-electron chi connectivity index (χ0n) is 24.1. The summed E-state index contributed by atoms with van der Waals surface area (Å²) in [5, 5.41) is 2.63. The molecule has 0 fully saturated rings. The number of nitrogens with zero attached hydrogens (tertiary/aromatic N) is 3. The lowest BCUT2D eigenvalue weighted by atomic mass is 9.67. The summed E-state index contributed by atoms with van der Waals surface area (Å²) in [6, 6.07) is 17.3. The fraction of sp³-hybridized carbons (Fsp3) is 0.0976. The Morgan fingerprint density at radius 1 is 0.727 bits per heavy atom. The lowest BCUT2D eigenvalue weighted by Gasteiger charge is -2.36. The molecule has 1 atom stereocenters. The Balaban J connectivity index is 1.23. The van der Waals surface area contributed by atoms with Crippen molar-refractivity contribution < 1.29 is 0 Å². The zero-order valence-corrected chi connectivity index (χ0v) is 24.1. The van der Waals surface area contributed by atoms with Crippen LogP contribution in [0.4, 0.5) is 0 Å². The van der Waals surface area contributed by atoms with Crippen LogP contribution in [0, 0.1) is 5.92 Å². The average molecular weight is 562 g/mol. The maximum Gasteiger partial charge on any atom is 0.161 e. The number of hydrogen-bond acceptors (Lipinski definition) is 3. The van der Waals surface area contributed by atoms with Crippen molar-refractivity contribution in [2.45, 2.75) is 19.3 Å². The highest BCUT2D eigenvalue weighted by Gasteiger charge is 2.35. The first kappa shape index (κ1) is 24.1. The van der Waals surface area contributed by atoms with Gasteiger partial charge in [0, 0.05) is 23.3 Å². The number of aromatic nitrogens is 3. The van der Waals surface area contributed by atoms with Gasteiger partial charge in [-0.15, -0.1) is 0 Å². The summed E-state index contributed by atoms with van der Waals surface area (Å²) in [6.45, 7) is 0. The standard InChI is InChI=1S/C41H27N3/c1-2-21-42-34(12-1)36-23-35(30-19-17-28-16-14-24-6-3-7-26-18-20-32(30)40(28)37(24)26)43-41(44-36)33-22-29-10-4-8-25-13-15-27-9-5-11-31(33)39(27)38(25)29/h1-5,7-8,10-15,17-23,38H,6,9,16H2. The molecule has 44 heavy (non-hydrogen) atoms. The molecule has 0 bridgehead atoms. The summed E-state index contributed by atoms with van der Waals surface area (Å²) < 4.78 is 0. The van der Waals surface area contributed by atoms with Crippen molar-refractivity contribution in [3.05, 3.63) is 166 Å². The second kappa shape index (κ2) is 9.05. The largest absolute Gasteiger partial charge is 0.255 e. The molecule has 0 N–H and O–H groups in total. The van der Waals surface area contributed by atoms with E-state index in [0.717, 1.165) is 53.3 Å². The monoisotopic (exact) mass is 561 g/mol. The van der Waals surface area contributed by atoms with E-state index >= 15 is 0 Å². The Morgan fingerprint density at radius 3 is 2.61 bits per heavy atom. The summed E-state index contributed by atoms with van der Waals surface area (Å²) in [6.07, 6.45) is 29.9. The van der Waals surface area contributed by atoms with E-state index in [-0.39, 0.29) is 5.92 Å². The van der Waals surface area contributed by atoms with Crippen LogP contribution in [0.25, 0.3) is 50.6 Å². The highest BCUT2D eigenvalue weighted by atomic mass is 14.9. The van der Waals surface area contributed by atoms with Crippen LogP contribution in [-0.4, -0.2) is 15.0 Å². The molecule has 6 aliphatic carbocycles. The molecule has 4 aromatic rings. The maximum absolute atomic E-state index is 5.39. The molecule has 2 aromatic heterocycles. The summed E-state index contributed by atoms with van der Waals surface area (Å²) >= 11 is 0. The first-order valence-corrected chi connectivity index (χ1v) is 15.5. The van der Waals surface area contributed by atoms with Gasteiger partial charge in [0.2, 0.25) is 0 Å². The van der Waals surface area contributed by atoms with E-state index in [1.54, 1.807) is 0 Å². The molecule has 6 aliphatic rings. The summed E-state index contributed by atoms with van der Waals surface area (Å²) in [4.78, 5) is 15.3. The zero-order chi connectivity index (χ0) is 28.8. The van der Waals surface area contributed by atoms with Crippen molar-refractivity contribution in [2.24, 2.45) is 5.92 Å². The first-order chi connectivity index (χ1) is 21.8. The van der Waals surface area contributed by atoms with Crippen molar-refractivity contribution in [1.29, 1.82) is 0 Å². The third-order valence-electron chi connectivity index (χ3n) is 9.86. The van der Waals surface area contributed by atoms with Crippen LogP contribution in [-0.2, 0) is 6.42 Å². The molecule has 0 amide bonds. The Labute approximate surface area is 256 Å². The van der Waals surface area contributed by atoms with E-state index in [9.17, 15) is 0 Å². The van der Waals surface area contributed by atoms with Gasteiger partial charge in [-0.05, 0) is 104 Å². The quantitative estimate of drug-likeness (QED) is 0.250. The molecule has 3 nitrogen and oxygen atoms in total. The van der Waals surface area contributed by atoms with Gasteiger partial charge in [0.25, 0.3) is 0 Å². The molecule has 0 radical (unpaired) electrons. The topological polar surface area (TPSA) is 38.7 Å². The van der Waals surface area contributed by atoms with E-state index in [2.05, 4.69) is 97.2 Å². The van der Waals surface area contributed by atoms with Gasteiger partial charge in [-0.3, -0.25) is 4.98 Å². The molecule has 0 saturated carbocycles. The predicted octanol–water partition coefficient (Wildman–Crippen LogP) is 9.35. The van der Waals surface area contributed by atoms with Crippen LogP contribution in [0.15, 0.2) is 143 Å². The fourth-order valence-corrected chi connectivity index (χ4v) is 7.90. The van der Waals surface area contributed by atoms with Gasteiger partial charge >= 0.3 is 0 Å². The van der Waals surface area contributed by atoms with Crippen molar-refractivity contribution >= 4 is 28.0 Å². The fourth-order valence-electron chi connectivity index (χ4n) is 7.90. The van der Waals surface area contributed by atoms with Crippen LogP contribution >= 0.6 is 0 Å². The number of rotatable bonds is 3. The van der Waals surface area contributed by atoms with E-state index < -0.39 is 0 Å². The maximum atomic E-state index is 5.39. The highest BCUT2D eigenvalue weighted by Crippen LogP contribution is 2.50. The van der Waals surface area contributed by atoms with Crippen LogP contribution < -0.4 is 0 Å². The predicted molar refractivity (Wildman–Crippen MR) is 179 cm³/mol. The van der Waals surface area contributed by atoms with Gasteiger partial charge in [-0.25, -0.2) is 9.97 Å². The lowest BCUT2D eigenvalue weighted by molar-refractivity contribution is 0.832. The molecule has 2 heterocycles. The smallest absolute Gasteiger partial charge is 0.161 e. The highest BCUT2D eigenvalue weighted by molar-refractivity contribution is 6.08. The van der Waals surface area contributed by atoms with Crippen LogP contribution in [0.2, 0.25) is 0 Å². The van der Waals surface area contributed by atoms with Gasteiger partial charge in [0.05, 0.1) is 17.1 Å². The molecule has 1 unspecified atom stereocenters. The second-order valence-electron chi connectivity index (χ2n) is 12.3. The summed E-state index contributed by atoms with van der Waals surface area (Å²) in [5.41, 5.74) is 17.0. The summed E-state index contributed by atoms with van der Waals surface area (Å²) in [5.74, 6) is 1.03. The Kier molecular flexibility index (Phi) is 4.95. The number of allylic oxidation sites excluding steroid dienone is 17. The molecule has 0 spiro atoms. The number of pyridine rings is 1. The lowest BCUT2D eigenvalue weighted by Crippen LogP contribution is -2.22. The van der Waals surface area contributed by atoms with E-state index in [0.29, 0.717) is 0 Å². The molecular weight excluding hydrogens is 534 g/mol. The van der Waals surface area contributed by atoms with E-state index in [1.807, 2.05) is 24.4 Å². The minimum atomic E-state index is 0.284. The van der Waals surface area contributed by atoms with Gasteiger partial charge in [0.15, 0.2) is 5.82 Å². The van der Waals surface area contributed by atoms with Crippen molar-refractivity contribution in [2.75, 3.05) is 0 Å². The Morgan fingerprint density at radius 2 is 1.66 bits per heavy atom. The molecule has 0 aliphatic heterocycles. The van der Waals surface area contributed by atoms with Crippen LogP contribution in [0.3, 0.4) is 0 Å². The average Bonchev–Trinajstić information content (AvgIpc) is 3.09. The van der Waals surface area contributed by atoms with Crippen LogP contribution in [0.5, 0.6) is 0 Å². The molecule has 2 aromatic carbocycles. The second-order valence-corrected chi connectivity index (χ2v) is 12.3. The van der Waals surface area contributed by atoms with Crippen molar-refractivity contribution in [1.82, 2.24) is 15.0 Å². The molecular formula is C41H27N3. The van der Waals surface area contributed by atoms with Gasteiger partial charge in [0.1, 0.15) is 0 Å². The van der Waals surface area contributed by atoms with E-state index in [1.165, 1.54) is 60.9 Å². The van der Waals surface area contributed by atoms with Crippen molar-refractivity contribution in [3.8, 4) is 22.6 Å². The third kappa shape index (κ3) is 3.41. The van der Waals surface area contributed by atoms with E-state index in [4.69, 9.17) is 15.0 Å². The first-order valence-electron chi connectivity index (χ1n) is 15.5. The van der Waals surface area contributed by atoms with Gasteiger partial charge in [-0.2, -0.15) is 0 Å².